The quantitative estimate of drug-likeness (QED) is 0.693. The molecule has 1 atom stereocenters. The highest BCUT2D eigenvalue weighted by Gasteiger charge is 2.24. The highest BCUT2D eigenvalue weighted by atomic mass is 35.5. The monoisotopic (exact) mass is 249 g/mol. The van der Waals surface area contributed by atoms with E-state index in [0.717, 1.165) is 22.7 Å². The van der Waals surface area contributed by atoms with Crippen molar-refractivity contribution in [3.63, 3.8) is 0 Å². The Bertz CT molecular complexity index is 580. The Morgan fingerprint density at radius 3 is 3.06 bits per heavy atom. The molecule has 0 bridgehead atoms. The number of thioether (sulfide) groups is 1. The van der Waals surface area contributed by atoms with Crippen molar-refractivity contribution in [3.8, 4) is 0 Å². The van der Waals surface area contributed by atoms with E-state index in [2.05, 4.69) is 24.9 Å². The number of nitrogens with zero attached hydrogens (tertiary/aromatic N) is 1. The van der Waals surface area contributed by atoms with Crippen LogP contribution in [0.25, 0.3) is 10.9 Å². The molecule has 0 radical (unpaired) electrons. The molecule has 1 aromatic heterocycles. The number of hydrogen-bond donors (Lipinski definition) is 0. The molecule has 1 aliphatic heterocycles. The number of fused-ring (bicyclic) bond motifs is 3. The van der Waals surface area contributed by atoms with E-state index in [1.165, 1.54) is 15.8 Å². The zero-order valence-corrected chi connectivity index (χ0v) is 10.8. The van der Waals surface area contributed by atoms with E-state index < -0.39 is 0 Å². The third-order valence-electron chi connectivity index (χ3n) is 3.03. The summed E-state index contributed by atoms with van der Waals surface area (Å²) >= 11 is 8.14. The van der Waals surface area contributed by atoms with Gasteiger partial charge in [-0.05, 0) is 25.0 Å². The van der Waals surface area contributed by atoms with Gasteiger partial charge in [0.05, 0.1) is 10.5 Å². The van der Waals surface area contributed by atoms with E-state index in [1.54, 1.807) is 0 Å². The van der Waals surface area contributed by atoms with Crippen molar-refractivity contribution in [2.24, 2.45) is 0 Å². The van der Waals surface area contributed by atoms with Crippen LogP contribution in [0.3, 0.4) is 0 Å². The second-order valence-corrected chi connectivity index (χ2v) is 6.13. The van der Waals surface area contributed by atoms with Gasteiger partial charge in [0.1, 0.15) is 0 Å². The lowest BCUT2D eigenvalue weighted by molar-refractivity contribution is 0.937. The van der Waals surface area contributed by atoms with Gasteiger partial charge in [0, 0.05) is 21.2 Å². The summed E-state index contributed by atoms with van der Waals surface area (Å²) in [6, 6.07) is 6.04. The average molecular weight is 250 g/mol. The van der Waals surface area contributed by atoms with Crippen LogP contribution in [0.2, 0.25) is 5.02 Å². The molecule has 3 rings (SSSR count). The van der Waals surface area contributed by atoms with Crippen LogP contribution in [0.5, 0.6) is 0 Å². The summed E-state index contributed by atoms with van der Waals surface area (Å²) in [5.41, 5.74) is 3.49. The van der Waals surface area contributed by atoms with Gasteiger partial charge in [-0.25, -0.2) is 0 Å². The molecule has 0 saturated carbocycles. The standard InChI is InChI=1S/C13H12ClNS/c1-7-6-10-8(2)15-12-9(13(10)16-7)4-3-5-11(12)14/h3-5,7H,6H2,1-2H3/t7-/m1/s1. The van der Waals surface area contributed by atoms with Gasteiger partial charge in [0.15, 0.2) is 0 Å². The van der Waals surface area contributed by atoms with Crippen LogP contribution in [-0.4, -0.2) is 10.2 Å². The number of para-hydroxylation sites is 1. The van der Waals surface area contributed by atoms with Gasteiger partial charge < -0.3 is 0 Å². The molecule has 2 heterocycles. The maximum Gasteiger partial charge on any atom is 0.0902 e. The number of hydrogen-bond acceptors (Lipinski definition) is 2. The molecular formula is C13H12ClNS. The van der Waals surface area contributed by atoms with Crippen molar-refractivity contribution in [1.29, 1.82) is 0 Å². The van der Waals surface area contributed by atoms with Gasteiger partial charge in [0.25, 0.3) is 0 Å². The molecule has 0 unspecified atom stereocenters. The molecule has 0 spiro atoms. The maximum absolute atomic E-state index is 6.20. The van der Waals surface area contributed by atoms with Crippen LogP contribution in [0.4, 0.5) is 0 Å². The fourth-order valence-corrected chi connectivity index (χ4v) is 3.81. The van der Waals surface area contributed by atoms with Gasteiger partial charge in [-0.2, -0.15) is 0 Å². The first-order valence-corrected chi connectivity index (χ1v) is 6.67. The highest BCUT2D eigenvalue weighted by Crippen LogP contribution is 2.43. The third-order valence-corrected chi connectivity index (χ3v) is 4.61. The molecule has 1 aromatic carbocycles. The molecule has 16 heavy (non-hydrogen) atoms. The zero-order chi connectivity index (χ0) is 11.3. The summed E-state index contributed by atoms with van der Waals surface area (Å²) in [4.78, 5) is 6.02. The summed E-state index contributed by atoms with van der Waals surface area (Å²) < 4.78 is 0. The van der Waals surface area contributed by atoms with E-state index in [9.17, 15) is 0 Å². The number of rotatable bonds is 0. The van der Waals surface area contributed by atoms with Gasteiger partial charge in [-0.3, -0.25) is 4.98 Å². The van der Waals surface area contributed by atoms with Crippen LogP contribution in [-0.2, 0) is 6.42 Å². The first-order chi connectivity index (χ1) is 7.66. The number of benzene rings is 1. The molecule has 0 amide bonds. The number of aryl methyl sites for hydroxylation is 1. The zero-order valence-electron chi connectivity index (χ0n) is 9.25. The van der Waals surface area contributed by atoms with Gasteiger partial charge in [0.2, 0.25) is 0 Å². The Labute approximate surface area is 104 Å². The SMILES string of the molecule is Cc1nc2c(Cl)cccc2c2c1C[C@@H](C)S2. The minimum absolute atomic E-state index is 0.653. The first kappa shape index (κ1) is 10.4. The van der Waals surface area contributed by atoms with Crippen LogP contribution < -0.4 is 0 Å². The smallest absolute Gasteiger partial charge is 0.0902 e. The van der Waals surface area contributed by atoms with Crippen molar-refractivity contribution in [3.05, 3.63) is 34.5 Å². The Kier molecular flexibility index (Phi) is 2.37. The molecule has 82 valence electrons. The predicted octanol–water partition coefficient (Wildman–Crippen LogP) is 4.23. The minimum atomic E-state index is 0.653. The van der Waals surface area contributed by atoms with Gasteiger partial charge >= 0.3 is 0 Å². The van der Waals surface area contributed by atoms with Crippen molar-refractivity contribution >= 4 is 34.3 Å². The molecule has 3 heteroatoms. The molecule has 1 aliphatic rings. The molecule has 0 aliphatic carbocycles. The number of pyridine rings is 1. The summed E-state index contributed by atoms with van der Waals surface area (Å²) in [6.07, 6.45) is 1.13. The van der Waals surface area contributed by atoms with E-state index in [1.807, 2.05) is 23.9 Å². The van der Waals surface area contributed by atoms with Crippen LogP contribution in [0.15, 0.2) is 23.1 Å². The predicted molar refractivity (Wildman–Crippen MR) is 70.5 cm³/mol. The topological polar surface area (TPSA) is 12.9 Å². The molecule has 2 aromatic rings. The van der Waals surface area contributed by atoms with Crippen LogP contribution in [0.1, 0.15) is 18.2 Å². The summed E-state index contributed by atoms with van der Waals surface area (Å²) in [5, 5.41) is 2.62. The normalized spacial score (nSPS) is 19.1. The average Bonchev–Trinajstić information content (AvgIpc) is 2.63. The van der Waals surface area contributed by atoms with Crippen molar-refractivity contribution < 1.29 is 0 Å². The van der Waals surface area contributed by atoms with E-state index in [4.69, 9.17) is 11.6 Å². The van der Waals surface area contributed by atoms with Gasteiger partial charge in [-0.1, -0.05) is 30.7 Å². The first-order valence-electron chi connectivity index (χ1n) is 5.41. The third kappa shape index (κ3) is 1.44. The fourth-order valence-electron chi connectivity index (χ4n) is 2.28. The lowest BCUT2D eigenvalue weighted by atomic mass is 10.1. The molecule has 1 nitrogen and oxygen atoms in total. The second-order valence-electron chi connectivity index (χ2n) is 4.27. The molecular weight excluding hydrogens is 238 g/mol. The molecule has 0 fully saturated rings. The fraction of sp³-hybridized carbons (Fsp3) is 0.308. The van der Waals surface area contributed by atoms with Gasteiger partial charge in [-0.15, -0.1) is 11.8 Å². The van der Waals surface area contributed by atoms with Crippen molar-refractivity contribution in [2.45, 2.75) is 30.4 Å². The molecule has 0 N–H and O–H groups in total. The van der Waals surface area contributed by atoms with Crippen LogP contribution >= 0.6 is 23.4 Å². The maximum atomic E-state index is 6.20. The summed E-state index contributed by atoms with van der Waals surface area (Å²) in [7, 11) is 0. The minimum Gasteiger partial charge on any atom is -0.251 e. The summed E-state index contributed by atoms with van der Waals surface area (Å²) in [6.45, 7) is 4.35. The summed E-state index contributed by atoms with van der Waals surface area (Å²) in [5.74, 6) is 0. The number of halogens is 1. The van der Waals surface area contributed by atoms with Crippen molar-refractivity contribution in [1.82, 2.24) is 4.98 Å². The molecule has 0 saturated heterocycles. The van der Waals surface area contributed by atoms with E-state index in [0.29, 0.717) is 5.25 Å². The van der Waals surface area contributed by atoms with E-state index >= 15 is 0 Å². The Balaban J connectivity index is 2.41. The lowest BCUT2D eigenvalue weighted by Crippen LogP contribution is -1.96. The Morgan fingerprint density at radius 2 is 2.25 bits per heavy atom. The Morgan fingerprint density at radius 1 is 1.44 bits per heavy atom. The second kappa shape index (κ2) is 3.64. The van der Waals surface area contributed by atoms with Crippen molar-refractivity contribution in [2.75, 3.05) is 0 Å². The van der Waals surface area contributed by atoms with E-state index in [-0.39, 0.29) is 0 Å². The Hall–Kier alpha value is -0.730. The van der Waals surface area contributed by atoms with Crippen LogP contribution in [0, 0.1) is 6.92 Å². The number of aromatic nitrogens is 1. The largest absolute Gasteiger partial charge is 0.251 e. The highest BCUT2D eigenvalue weighted by molar-refractivity contribution is 8.00. The lowest BCUT2D eigenvalue weighted by Gasteiger charge is -2.08.